The molecule has 1 aromatic carbocycles. The average molecular weight is 478 g/mol. The molecule has 2 fully saturated rings. The van der Waals surface area contributed by atoms with Gasteiger partial charge in [0.15, 0.2) is 11.5 Å². The van der Waals surface area contributed by atoms with E-state index in [1.54, 1.807) is 24.1 Å². The zero-order valence-corrected chi connectivity index (χ0v) is 20.1. The Labute approximate surface area is 204 Å². The van der Waals surface area contributed by atoms with Gasteiger partial charge in [-0.3, -0.25) is 14.3 Å². The van der Waals surface area contributed by atoms with Crippen molar-refractivity contribution in [2.75, 3.05) is 17.7 Å². The van der Waals surface area contributed by atoms with Gasteiger partial charge in [0.05, 0.1) is 24.7 Å². The van der Waals surface area contributed by atoms with Gasteiger partial charge in [0.1, 0.15) is 5.75 Å². The summed E-state index contributed by atoms with van der Waals surface area (Å²) in [6.45, 7) is 0. The normalized spacial score (nSPS) is 14.6. The van der Waals surface area contributed by atoms with Crippen LogP contribution in [-0.4, -0.2) is 38.9 Å². The molecule has 184 valence electrons. The van der Waals surface area contributed by atoms with Crippen LogP contribution in [-0.2, 0) is 11.8 Å². The standard InChI is InChI=1S/C20H21N7O3.C5H10/c1-27-10-12(9-22-27)13-4-3-5-14(18(13)30-2)23-15-8-16(24-20(29)11-6-7-11)25-26-17(15)19(21)28;1-2-4-5-3-1/h3-5,8-11H,6-7H2,1-2H3,(H2,21,28)(H2,23,24,25,29);1-5H2. The summed E-state index contributed by atoms with van der Waals surface area (Å²) in [5, 5.41) is 17.8. The lowest BCUT2D eigenvalue weighted by Crippen LogP contribution is -2.19. The first kappa shape index (κ1) is 24.2. The molecule has 0 radical (unpaired) electrons. The second kappa shape index (κ2) is 11.0. The van der Waals surface area contributed by atoms with E-state index in [1.165, 1.54) is 38.2 Å². The average Bonchev–Trinajstić information content (AvgIpc) is 3.32. The maximum Gasteiger partial charge on any atom is 0.271 e. The number of ether oxygens (including phenoxy) is 1. The van der Waals surface area contributed by atoms with Gasteiger partial charge in [0.25, 0.3) is 5.91 Å². The first-order valence-corrected chi connectivity index (χ1v) is 11.9. The number of carbonyl (C=O) groups excluding carboxylic acids is 2. The van der Waals surface area contributed by atoms with E-state index in [-0.39, 0.29) is 23.3 Å². The molecule has 35 heavy (non-hydrogen) atoms. The largest absolute Gasteiger partial charge is 0.494 e. The first-order valence-electron chi connectivity index (χ1n) is 11.9. The zero-order chi connectivity index (χ0) is 24.8. The van der Waals surface area contributed by atoms with Crippen LogP contribution in [0.2, 0.25) is 0 Å². The lowest BCUT2D eigenvalue weighted by molar-refractivity contribution is -0.117. The summed E-state index contributed by atoms with van der Waals surface area (Å²) in [6.07, 6.45) is 12.8. The summed E-state index contributed by atoms with van der Waals surface area (Å²) in [5.41, 5.74) is 8.01. The van der Waals surface area contributed by atoms with E-state index >= 15 is 0 Å². The molecular formula is C25H31N7O3. The molecule has 3 aromatic rings. The number of anilines is 3. The lowest BCUT2D eigenvalue weighted by atomic mass is 10.1. The summed E-state index contributed by atoms with van der Waals surface area (Å²) in [4.78, 5) is 23.9. The number of nitrogens with zero attached hydrogens (tertiary/aromatic N) is 4. The Bertz CT molecular complexity index is 1190. The second-order valence-electron chi connectivity index (χ2n) is 8.80. The van der Waals surface area contributed by atoms with Crippen molar-refractivity contribution in [1.82, 2.24) is 20.0 Å². The van der Waals surface area contributed by atoms with Gasteiger partial charge in [0.2, 0.25) is 5.91 Å². The quantitative estimate of drug-likeness (QED) is 0.467. The van der Waals surface area contributed by atoms with Crippen LogP contribution in [0.4, 0.5) is 17.2 Å². The number of amides is 2. The van der Waals surface area contributed by atoms with Gasteiger partial charge in [-0.25, -0.2) is 0 Å². The van der Waals surface area contributed by atoms with Crippen LogP contribution in [0.5, 0.6) is 5.75 Å². The number of primary amides is 1. The molecule has 0 bridgehead atoms. The van der Waals surface area contributed by atoms with Crippen molar-refractivity contribution >= 4 is 29.0 Å². The Morgan fingerprint density at radius 1 is 1.09 bits per heavy atom. The first-order chi connectivity index (χ1) is 17.0. The highest BCUT2D eigenvalue weighted by atomic mass is 16.5. The van der Waals surface area contributed by atoms with Gasteiger partial charge in [-0.15, -0.1) is 10.2 Å². The molecule has 5 rings (SSSR count). The Hall–Kier alpha value is -3.95. The number of aromatic nitrogens is 4. The maximum atomic E-state index is 12.0. The van der Waals surface area contributed by atoms with Gasteiger partial charge in [0, 0.05) is 36.4 Å². The third kappa shape index (κ3) is 6.14. The molecule has 10 nitrogen and oxygen atoms in total. The molecule has 0 spiro atoms. The van der Waals surface area contributed by atoms with Crippen molar-refractivity contribution in [1.29, 1.82) is 0 Å². The monoisotopic (exact) mass is 477 g/mol. The molecule has 2 aromatic heterocycles. The number of rotatable bonds is 7. The Balaban J connectivity index is 0.000000514. The molecule has 2 aliphatic rings. The van der Waals surface area contributed by atoms with Crippen LogP contribution < -0.4 is 21.1 Å². The van der Waals surface area contributed by atoms with E-state index in [0.29, 0.717) is 17.1 Å². The summed E-state index contributed by atoms with van der Waals surface area (Å²) >= 11 is 0. The van der Waals surface area contributed by atoms with Crippen LogP contribution in [0.25, 0.3) is 11.1 Å². The summed E-state index contributed by atoms with van der Waals surface area (Å²) in [5.74, 6) is -0.0518. The third-order valence-electron chi connectivity index (χ3n) is 5.98. The molecule has 2 amide bonds. The van der Waals surface area contributed by atoms with Crippen LogP contribution in [0.15, 0.2) is 36.7 Å². The number of nitrogens with two attached hydrogens (primary N) is 1. The molecule has 2 aliphatic carbocycles. The molecule has 0 unspecified atom stereocenters. The zero-order valence-electron chi connectivity index (χ0n) is 20.1. The minimum atomic E-state index is -0.743. The van der Waals surface area contributed by atoms with Crippen LogP contribution >= 0.6 is 0 Å². The topological polar surface area (TPSA) is 137 Å². The van der Waals surface area contributed by atoms with Crippen molar-refractivity contribution in [3.63, 3.8) is 0 Å². The predicted molar refractivity (Wildman–Crippen MR) is 133 cm³/mol. The highest BCUT2D eigenvalue weighted by Crippen LogP contribution is 2.38. The molecule has 2 saturated carbocycles. The number of aryl methyl sites for hydroxylation is 1. The van der Waals surface area contributed by atoms with Gasteiger partial charge in [-0.2, -0.15) is 5.10 Å². The fraction of sp³-hybridized carbons (Fsp3) is 0.400. The van der Waals surface area contributed by atoms with Crippen molar-refractivity contribution < 1.29 is 14.3 Å². The Morgan fingerprint density at radius 3 is 2.37 bits per heavy atom. The van der Waals surface area contributed by atoms with E-state index in [4.69, 9.17) is 10.5 Å². The van der Waals surface area contributed by atoms with E-state index in [0.717, 1.165) is 24.0 Å². The van der Waals surface area contributed by atoms with E-state index in [2.05, 4.69) is 25.9 Å². The highest BCUT2D eigenvalue weighted by molar-refractivity contribution is 5.99. The summed E-state index contributed by atoms with van der Waals surface area (Å²) in [6, 6.07) is 7.08. The van der Waals surface area contributed by atoms with E-state index in [9.17, 15) is 9.59 Å². The minimum Gasteiger partial charge on any atom is -0.494 e. The maximum absolute atomic E-state index is 12.0. The molecular weight excluding hydrogens is 446 g/mol. The van der Waals surface area contributed by atoms with Crippen LogP contribution in [0, 0.1) is 5.92 Å². The fourth-order valence-corrected chi connectivity index (χ4v) is 3.98. The molecule has 0 saturated heterocycles. The van der Waals surface area contributed by atoms with Gasteiger partial charge in [-0.05, 0) is 18.9 Å². The fourth-order valence-electron chi connectivity index (χ4n) is 3.98. The van der Waals surface area contributed by atoms with Gasteiger partial charge in [-0.1, -0.05) is 44.2 Å². The summed E-state index contributed by atoms with van der Waals surface area (Å²) in [7, 11) is 3.39. The highest BCUT2D eigenvalue weighted by Gasteiger charge is 2.30. The van der Waals surface area contributed by atoms with Crippen LogP contribution in [0.3, 0.4) is 0 Å². The van der Waals surface area contributed by atoms with Crippen molar-refractivity contribution in [3.05, 3.63) is 42.4 Å². The smallest absolute Gasteiger partial charge is 0.271 e. The number of hydrogen-bond acceptors (Lipinski definition) is 7. The number of hydrogen-bond donors (Lipinski definition) is 3. The second-order valence-corrected chi connectivity index (χ2v) is 8.80. The molecule has 2 heterocycles. The minimum absolute atomic E-state index is 0.00952. The van der Waals surface area contributed by atoms with E-state index in [1.807, 2.05) is 25.4 Å². The van der Waals surface area contributed by atoms with E-state index < -0.39 is 5.91 Å². The lowest BCUT2D eigenvalue weighted by Gasteiger charge is -2.16. The number of carbonyl (C=O) groups is 2. The van der Waals surface area contributed by atoms with Crippen molar-refractivity contribution in [2.45, 2.75) is 44.9 Å². The Morgan fingerprint density at radius 2 is 1.80 bits per heavy atom. The number of para-hydroxylation sites is 1. The molecule has 4 N–H and O–H groups in total. The predicted octanol–water partition coefficient (Wildman–Crippen LogP) is 4.03. The number of methoxy groups -OCH3 is 1. The molecule has 0 atom stereocenters. The van der Waals surface area contributed by atoms with Crippen molar-refractivity contribution in [2.24, 2.45) is 18.7 Å². The van der Waals surface area contributed by atoms with Gasteiger partial charge < -0.3 is 21.1 Å². The van der Waals surface area contributed by atoms with Gasteiger partial charge >= 0.3 is 0 Å². The third-order valence-corrected chi connectivity index (χ3v) is 5.98. The molecule has 10 heteroatoms. The number of benzene rings is 1. The molecule has 0 aliphatic heterocycles. The van der Waals surface area contributed by atoms with Crippen LogP contribution in [0.1, 0.15) is 55.4 Å². The SMILES string of the molecule is C1CCCC1.COc1c(Nc2cc(NC(=O)C3CC3)nnc2C(N)=O)cccc1-c1cnn(C)c1. The summed E-state index contributed by atoms with van der Waals surface area (Å²) < 4.78 is 7.32. The number of nitrogens with one attached hydrogen (secondary N) is 2. The van der Waals surface area contributed by atoms with Crippen molar-refractivity contribution in [3.8, 4) is 16.9 Å². The Kier molecular flexibility index (Phi) is 7.59.